The molecule has 1 N–H and O–H groups in total. The normalized spacial score (nSPS) is 26.5. The minimum absolute atomic E-state index is 0.0719. The molecule has 0 aromatic rings. The number of carbonyl (C=O) groups excluding carboxylic acids is 1. The van der Waals surface area contributed by atoms with E-state index >= 15 is 0 Å². The number of alkyl halides is 3. The van der Waals surface area contributed by atoms with E-state index in [-0.39, 0.29) is 6.42 Å². The molecule has 1 saturated carbocycles. The van der Waals surface area contributed by atoms with Crippen molar-refractivity contribution in [1.29, 1.82) is 0 Å². The minimum Gasteiger partial charge on any atom is -0.355 e. The smallest absolute Gasteiger partial charge is 0.355 e. The summed E-state index contributed by atoms with van der Waals surface area (Å²) in [5.41, 5.74) is 0. The van der Waals surface area contributed by atoms with E-state index in [9.17, 15) is 18.0 Å². The molecule has 0 spiro atoms. The molecule has 0 aromatic carbocycles. The van der Waals surface area contributed by atoms with Crippen molar-refractivity contribution in [3.63, 3.8) is 0 Å². The second-order valence-electron chi connectivity index (χ2n) is 4.05. The SMILES string of the molecule is O=C(NCCS)[C@@H]1CCCC[C@@H]1C(F)(F)F. The van der Waals surface area contributed by atoms with Gasteiger partial charge in [0.2, 0.25) is 5.91 Å². The van der Waals surface area contributed by atoms with Gasteiger partial charge in [0, 0.05) is 18.2 Å². The van der Waals surface area contributed by atoms with Crippen molar-refractivity contribution < 1.29 is 18.0 Å². The molecule has 0 radical (unpaired) electrons. The maximum atomic E-state index is 12.7. The fourth-order valence-electron chi connectivity index (χ4n) is 2.15. The summed E-state index contributed by atoms with van der Waals surface area (Å²) in [6.07, 6.45) is -2.60. The number of carbonyl (C=O) groups is 1. The van der Waals surface area contributed by atoms with E-state index in [1.807, 2.05) is 0 Å². The molecule has 6 heteroatoms. The lowest BCUT2D eigenvalue weighted by Crippen LogP contribution is -2.43. The Hall–Kier alpha value is -0.390. The first kappa shape index (κ1) is 13.7. The van der Waals surface area contributed by atoms with E-state index in [1.165, 1.54) is 0 Å². The zero-order chi connectivity index (χ0) is 12.2. The molecule has 2 atom stereocenters. The quantitative estimate of drug-likeness (QED) is 0.745. The average molecular weight is 255 g/mol. The van der Waals surface area contributed by atoms with Gasteiger partial charge in [0.05, 0.1) is 5.92 Å². The summed E-state index contributed by atoms with van der Waals surface area (Å²) in [6.45, 7) is 0.322. The van der Waals surface area contributed by atoms with Gasteiger partial charge in [0.25, 0.3) is 0 Å². The predicted octanol–water partition coefficient (Wildman–Crippen LogP) is 2.40. The highest BCUT2D eigenvalue weighted by atomic mass is 32.1. The number of amides is 1. The molecule has 0 unspecified atom stereocenters. The highest BCUT2D eigenvalue weighted by Crippen LogP contribution is 2.41. The molecule has 0 heterocycles. The molecule has 1 aliphatic carbocycles. The topological polar surface area (TPSA) is 29.1 Å². The van der Waals surface area contributed by atoms with Crippen LogP contribution in [0.4, 0.5) is 13.2 Å². The lowest BCUT2D eigenvalue weighted by molar-refractivity contribution is -0.198. The Labute approximate surface area is 98.4 Å². The third kappa shape index (κ3) is 3.57. The molecule has 1 amide bonds. The predicted molar refractivity (Wildman–Crippen MR) is 58.4 cm³/mol. The number of rotatable bonds is 3. The summed E-state index contributed by atoms with van der Waals surface area (Å²) in [4.78, 5) is 11.6. The monoisotopic (exact) mass is 255 g/mol. The Bertz CT molecular complexity index is 245. The summed E-state index contributed by atoms with van der Waals surface area (Å²) in [7, 11) is 0. The summed E-state index contributed by atoms with van der Waals surface area (Å²) < 4.78 is 38.0. The summed E-state index contributed by atoms with van der Waals surface area (Å²) in [5, 5.41) is 2.49. The van der Waals surface area contributed by atoms with Gasteiger partial charge < -0.3 is 5.32 Å². The van der Waals surface area contributed by atoms with Crippen LogP contribution in [0.3, 0.4) is 0 Å². The molecule has 0 aromatic heterocycles. The van der Waals surface area contributed by atoms with Crippen molar-refractivity contribution in [2.24, 2.45) is 11.8 Å². The highest BCUT2D eigenvalue weighted by molar-refractivity contribution is 7.80. The summed E-state index contributed by atoms with van der Waals surface area (Å²) in [6, 6.07) is 0. The highest BCUT2D eigenvalue weighted by Gasteiger charge is 2.47. The van der Waals surface area contributed by atoms with E-state index in [1.54, 1.807) is 0 Å². The fraction of sp³-hybridized carbons (Fsp3) is 0.900. The van der Waals surface area contributed by atoms with Crippen molar-refractivity contribution in [2.75, 3.05) is 12.3 Å². The van der Waals surface area contributed by atoms with Crippen LogP contribution in [0, 0.1) is 11.8 Å². The van der Waals surface area contributed by atoms with Gasteiger partial charge in [-0.05, 0) is 12.8 Å². The third-order valence-corrected chi connectivity index (χ3v) is 3.16. The first-order valence-corrected chi connectivity index (χ1v) is 6.05. The van der Waals surface area contributed by atoms with Crippen LogP contribution in [0.2, 0.25) is 0 Å². The van der Waals surface area contributed by atoms with Crippen LogP contribution in [-0.4, -0.2) is 24.4 Å². The van der Waals surface area contributed by atoms with Gasteiger partial charge in [-0.25, -0.2) is 0 Å². The van der Waals surface area contributed by atoms with Crippen LogP contribution in [0.25, 0.3) is 0 Å². The van der Waals surface area contributed by atoms with Crippen LogP contribution >= 0.6 is 12.6 Å². The third-order valence-electron chi connectivity index (χ3n) is 2.93. The molecule has 1 rings (SSSR count). The average Bonchev–Trinajstić information content (AvgIpc) is 2.24. The Morgan fingerprint density at radius 3 is 2.50 bits per heavy atom. The Balaban J connectivity index is 2.63. The molecule has 1 fully saturated rings. The molecule has 2 nitrogen and oxygen atoms in total. The van der Waals surface area contributed by atoms with E-state index in [0.29, 0.717) is 31.6 Å². The van der Waals surface area contributed by atoms with Crippen LogP contribution < -0.4 is 5.32 Å². The molecular formula is C10H16F3NOS. The van der Waals surface area contributed by atoms with Crippen molar-refractivity contribution in [1.82, 2.24) is 5.32 Å². The van der Waals surface area contributed by atoms with Gasteiger partial charge in [-0.1, -0.05) is 12.8 Å². The van der Waals surface area contributed by atoms with Crippen LogP contribution in [0.1, 0.15) is 25.7 Å². The largest absolute Gasteiger partial charge is 0.392 e. The van der Waals surface area contributed by atoms with Crippen LogP contribution in [0.5, 0.6) is 0 Å². The minimum atomic E-state index is -4.26. The van der Waals surface area contributed by atoms with Gasteiger partial charge in [0.1, 0.15) is 0 Å². The summed E-state index contributed by atoms with van der Waals surface area (Å²) >= 11 is 3.90. The van der Waals surface area contributed by atoms with Gasteiger partial charge in [0.15, 0.2) is 0 Å². The van der Waals surface area contributed by atoms with Gasteiger partial charge >= 0.3 is 6.18 Å². The van der Waals surface area contributed by atoms with E-state index < -0.39 is 23.9 Å². The van der Waals surface area contributed by atoms with Crippen molar-refractivity contribution >= 4 is 18.5 Å². The first-order valence-electron chi connectivity index (χ1n) is 5.42. The number of hydrogen-bond donors (Lipinski definition) is 2. The lowest BCUT2D eigenvalue weighted by atomic mass is 9.78. The van der Waals surface area contributed by atoms with Gasteiger partial charge in [-0.2, -0.15) is 25.8 Å². The van der Waals surface area contributed by atoms with E-state index in [0.717, 1.165) is 0 Å². The zero-order valence-electron chi connectivity index (χ0n) is 8.89. The number of hydrogen-bond acceptors (Lipinski definition) is 2. The zero-order valence-corrected chi connectivity index (χ0v) is 9.78. The van der Waals surface area contributed by atoms with Gasteiger partial charge in [-0.3, -0.25) is 4.79 Å². The molecule has 0 saturated heterocycles. The van der Waals surface area contributed by atoms with E-state index in [4.69, 9.17) is 0 Å². The maximum Gasteiger partial charge on any atom is 0.392 e. The molecule has 0 bridgehead atoms. The lowest BCUT2D eigenvalue weighted by Gasteiger charge is -2.31. The molecule has 1 aliphatic rings. The number of thiol groups is 1. The molecule has 94 valence electrons. The molecule has 0 aliphatic heterocycles. The second-order valence-corrected chi connectivity index (χ2v) is 4.50. The van der Waals surface area contributed by atoms with Gasteiger partial charge in [-0.15, -0.1) is 0 Å². The number of halogens is 3. The fourth-order valence-corrected chi connectivity index (χ4v) is 2.26. The second kappa shape index (κ2) is 5.80. The van der Waals surface area contributed by atoms with Crippen LogP contribution in [0.15, 0.2) is 0 Å². The Kier molecular flexibility index (Phi) is 4.95. The van der Waals surface area contributed by atoms with Crippen LogP contribution in [-0.2, 0) is 4.79 Å². The Morgan fingerprint density at radius 1 is 1.31 bits per heavy atom. The first-order chi connectivity index (χ1) is 7.46. The van der Waals surface area contributed by atoms with Crippen molar-refractivity contribution in [3.05, 3.63) is 0 Å². The summed E-state index contributed by atoms with van der Waals surface area (Å²) in [5.74, 6) is -2.42. The van der Waals surface area contributed by atoms with Crippen molar-refractivity contribution in [3.8, 4) is 0 Å². The Morgan fingerprint density at radius 2 is 1.94 bits per heavy atom. The standard InChI is InChI=1S/C10H16F3NOS/c11-10(12,13)8-4-2-1-3-7(8)9(15)14-5-6-16/h7-8,16H,1-6H2,(H,14,15)/t7-,8+/m1/s1. The molecular weight excluding hydrogens is 239 g/mol. The number of nitrogens with one attached hydrogen (secondary N) is 1. The maximum absolute atomic E-state index is 12.7. The molecule has 16 heavy (non-hydrogen) atoms. The van der Waals surface area contributed by atoms with E-state index in [2.05, 4.69) is 17.9 Å². The van der Waals surface area contributed by atoms with Crippen molar-refractivity contribution in [2.45, 2.75) is 31.9 Å².